The van der Waals surface area contributed by atoms with E-state index >= 15 is 0 Å². The summed E-state index contributed by atoms with van der Waals surface area (Å²) >= 11 is 1.69. The van der Waals surface area contributed by atoms with Gasteiger partial charge in [0.25, 0.3) is 0 Å². The SMILES string of the molecule is Cc1nc(-c2cccs2)n2cc(N)ccc12. The van der Waals surface area contributed by atoms with Gasteiger partial charge in [-0.15, -0.1) is 11.3 Å². The molecule has 2 N–H and O–H groups in total. The second kappa shape index (κ2) is 3.35. The van der Waals surface area contributed by atoms with Gasteiger partial charge in [-0.1, -0.05) is 6.07 Å². The number of imidazole rings is 1. The summed E-state index contributed by atoms with van der Waals surface area (Å²) in [4.78, 5) is 5.75. The molecule has 0 fully saturated rings. The fraction of sp³-hybridized carbons (Fsp3) is 0.0833. The second-order valence-electron chi connectivity index (χ2n) is 3.72. The fourth-order valence-electron chi connectivity index (χ4n) is 1.84. The minimum atomic E-state index is 0.753. The minimum Gasteiger partial charge on any atom is -0.398 e. The van der Waals surface area contributed by atoms with E-state index in [2.05, 4.69) is 20.8 Å². The van der Waals surface area contributed by atoms with Gasteiger partial charge in [-0.3, -0.25) is 4.40 Å². The van der Waals surface area contributed by atoms with E-state index in [0.717, 1.165) is 27.6 Å². The Kier molecular flexibility index (Phi) is 1.97. The van der Waals surface area contributed by atoms with Crippen LogP contribution in [-0.2, 0) is 0 Å². The topological polar surface area (TPSA) is 43.3 Å². The van der Waals surface area contributed by atoms with E-state index in [1.807, 2.05) is 31.3 Å². The third-order valence-corrected chi connectivity index (χ3v) is 3.45. The molecule has 0 atom stereocenters. The van der Waals surface area contributed by atoms with Gasteiger partial charge in [0.1, 0.15) is 0 Å². The molecule has 3 heterocycles. The number of nitrogens with two attached hydrogens (primary N) is 1. The van der Waals surface area contributed by atoms with Gasteiger partial charge in [0.05, 0.1) is 16.1 Å². The van der Waals surface area contributed by atoms with Crippen molar-refractivity contribution in [3.05, 3.63) is 41.5 Å². The highest BCUT2D eigenvalue weighted by Gasteiger charge is 2.10. The largest absolute Gasteiger partial charge is 0.398 e. The number of hydrogen-bond acceptors (Lipinski definition) is 3. The Morgan fingerprint density at radius 3 is 2.94 bits per heavy atom. The van der Waals surface area contributed by atoms with Gasteiger partial charge in [0, 0.05) is 11.9 Å². The van der Waals surface area contributed by atoms with Gasteiger partial charge in [-0.25, -0.2) is 4.98 Å². The normalized spacial score (nSPS) is 11.1. The lowest BCUT2D eigenvalue weighted by molar-refractivity contribution is 1.17. The zero-order chi connectivity index (χ0) is 11.1. The van der Waals surface area contributed by atoms with Gasteiger partial charge < -0.3 is 5.73 Å². The van der Waals surface area contributed by atoms with Crippen molar-refractivity contribution in [2.75, 3.05) is 5.73 Å². The summed E-state index contributed by atoms with van der Waals surface area (Å²) in [7, 11) is 0. The molecule has 0 aliphatic heterocycles. The lowest BCUT2D eigenvalue weighted by atomic mass is 10.3. The van der Waals surface area contributed by atoms with Gasteiger partial charge in [-0.05, 0) is 30.5 Å². The smallest absolute Gasteiger partial charge is 0.154 e. The average Bonchev–Trinajstić information content (AvgIpc) is 2.86. The highest BCUT2D eigenvalue weighted by Crippen LogP contribution is 2.26. The molecule has 3 aromatic heterocycles. The van der Waals surface area contributed by atoms with Crippen molar-refractivity contribution in [2.24, 2.45) is 0 Å². The van der Waals surface area contributed by atoms with Crippen molar-refractivity contribution in [1.29, 1.82) is 0 Å². The summed E-state index contributed by atoms with van der Waals surface area (Å²) in [5.74, 6) is 0.967. The number of aryl methyl sites for hydroxylation is 1. The molecule has 0 amide bonds. The third-order valence-electron chi connectivity index (χ3n) is 2.59. The van der Waals surface area contributed by atoms with Crippen LogP contribution in [0.5, 0.6) is 0 Å². The standard InChI is InChI=1S/C12H11N3S/c1-8-10-5-4-9(13)7-15(10)12(14-8)11-3-2-6-16-11/h2-7H,13H2,1H3. The summed E-state index contributed by atoms with van der Waals surface area (Å²) in [6.45, 7) is 2.02. The maximum absolute atomic E-state index is 5.81. The fourth-order valence-corrected chi connectivity index (χ4v) is 2.55. The number of fused-ring (bicyclic) bond motifs is 1. The highest BCUT2D eigenvalue weighted by atomic mass is 32.1. The molecule has 0 aromatic carbocycles. The number of nitrogen functional groups attached to an aromatic ring is 1. The van der Waals surface area contributed by atoms with Crippen LogP contribution in [0, 0.1) is 6.92 Å². The van der Waals surface area contributed by atoms with E-state index in [9.17, 15) is 0 Å². The first-order valence-electron chi connectivity index (χ1n) is 5.04. The first kappa shape index (κ1) is 9.42. The van der Waals surface area contributed by atoms with Crippen LogP contribution in [0.1, 0.15) is 5.69 Å². The van der Waals surface area contributed by atoms with Crippen molar-refractivity contribution >= 4 is 22.5 Å². The number of thiophene rings is 1. The molecule has 3 rings (SSSR count). The Labute approximate surface area is 97.2 Å². The number of pyridine rings is 1. The van der Waals surface area contributed by atoms with Crippen molar-refractivity contribution in [1.82, 2.24) is 9.38 Å². The Morgan fingerprint density at radius 1 is 1.31 bits per heavy atom. The summed E-state index contributed by atoms with van der Waals surface area (Å²) in [5.41, 5.74) is 8.70. The quantitative estimate of drug-likeness (QED) is 0.697. The number of hydrogen-bond donors (Lipinski definition) is 1. The molecule has 0 unspecified atom stereocenters. The van der Waals surface area contributed by atoms with E-state index in [-0.39, 0.29) is 0 Å². The Hall–Kier alpha value is -1.81. The number of nitrogens with zero attached hydrogens (tertiary/aromatic N) is 2. The van der Waals surface area contributed by atoms with Gasteiger partial charge in [0.15, 0.2) is 5.82 Å². The molecule has 3 aromatic rings. The van der Waals surface area contributed by atoms with Crippen LogP contribution in [0.3, 0.4) is 0 Å². The molecule has 80 valence electrons. The number of anilines is 1. The predicted octanol–water partition coefficient (Wildman–Crippen LogP) is 2.95. The molecular weight excluding hydrogens is 218 g/mol. The molecule has 0 aliphatic rings. The maximum atomic E-state index is 5.81. The van der Waals surface area contributed by atoms with Crippen molar-refractivity contribution in [3.63, 3.8) is 0 Å². The summed E-state index contributed by atoms with van der Waals surface area (Å²) < 4.78 is 2.05. The highest BCUT2D eigenvalue weighted by molar-refractivity contribution is 7.13. The minimum absolute atomic E-state index is 0.753. The van der Waals surface area contributed by atoms with Crippen LogP contribution >= 0.6 is 11.3 Å². The van der Waals surface area contributed by atoms with Crippen LogP contribution in [0.25, 0.3) is 16.2 Å². The van der Waals surface area contributed by atoms with E-state index in [1.54, 1.807) is 11.3 Å². The second-order valence-corrected chi connectivity index (χ2v) is 4.66. The molecular formula is C12H11N3S. The predicted molar refractivity (Wildman–Crippen MR) is 67.7 cm³/mol. The van der Waals surface area contributed by atoms with Crippen LogP contribution in [0.2, 0.25) is 0 Å². The molecule has 4 heteroatoms. The maximum Gasteiger partial charge on any atom is 0.154 e. The molecule has 0 saturated heterocycles. The first-order valence-corrected chi connectivity index (χ1v) is 5.92. The molecule has 0 radical (unpaired) electrons. The van der Waals surface area contributed by atoms with Crippen molar-refractivity contribution < 1.29 is 0 Å². The molecule has 16 heavy (non-hydrogen) atoms. The molecule has 0 bridgehead atoms. The first-order chi connectivity index (χ1) is 7.75. The van der Waals surface area contributed by atoms with Crippen LogP contribution in [-0.4, -0.2) is 9.38 Å². The van der Waals surface area contributed by atoms with Crippen LogP contribution in [0.4, 0.5) is 5.69 Å². The lowest BCUT2D eigenvalue weighted by Gasteiger charge is -2.00. The average molecular weight is 229 g/mol. The zero-order valence-corrected chi connectivity index (χ0v) is 9.66. The molecule has 3 nitrogen and oxygen atoms in total. The van der Waals surface area contributed by atoms with E-state index in [0.29, 0.717) is 0 Å². The lowest BCUT2D eigenvalue weighted by Crippen LogP contribution is -1.91. The van der Waals surface area contributed by atoms with Gasteiger partial charge in [-0.2, -0.15) is 0 Å². The van der Waals surface area contributed by atoms with Gasteiger partial charge in [0.2, 0.25) is 0 Å². The van der Waals surface area contributed by atoms with Crippen molar-refractivity contribution in [3.8, 4) is 10.7 Å². The Morgan fingerprint density at radius 2 is 2.19 bits per heavy atom. The Bertz CT molecular complexity index is 638. The summed E-state index contributed by atoms with van der Waals surface area (Å²) in [6.07, 6.45) is 1.92. The summed E-state index contributed by atoms with van der Waals surface area (Å²) in [6, 6.07) is 8.02. The molecule has 0 spiro atoms. The van der Waals surface area contributed by atoms with E-state index in [4.69, 9.17) is 5.73 Å². The van der Waals surface area contributed by atoms with E-state index in [1.165, 1.54) is 0 Å². The van der Waals surface area contributed by atoms with Crippen LogP contribution in [0.15, 0.2) is 35.8 Å². The Balaban J connectivity index is 2.37. The third kappa shape index (κ3) is 1.31. The number of aromatic nitrogens is 2. The monoisotopic (exact) mass is 229 g/mol. The molecule has 0 saturated carbocycles. The summed E-state index contributed by atoms with van der Waals surface area (Å²) in [5, 5.41) is 2.05. The zero-order valence-electron chi connectivity index (χ0n) is 8.84. The number of rotatable bonds is 1. The molecule has 0 aliphatic carbocycles. The van der Waals surface area contributed by atoms with E-state index < -0.39 is 0 Å². The van der Waals surface area contributed by atoms with Crippen LogP contribution < -0.4 is 5.73 Å². The van der Waals surface area contributed by atoms with Gasteiger partial charge >= 0.3 is 0 Å². The van der Waals surface area contributed by atoms with Crippen molar-refractivity contribution in [2.45, 2.75) is 6.92 Å².